The van der Waals surface area contributed by atoms with Crippen LogP contribution >= 0.6 is 0 Å². The molecule has 3 heteroatoms. The highest BCUT2D eigenvalue weighted by Gasteiger charge is 2.20. The molecule has 0 amide bonds. The van der Waals surface area contributed by atoms with E-state index < -0.39 is 6.29 Å². The highest BCUT2D eigenvalue weighted by Crippen LogP contribution is 2.35. The molecule has 2 aromatic rings. The standard InChI is InChI=1S/C31H48O3/c1-4-6-8-10-12-14-20-27-21-16-18-23-29(27)34-31(24-15-13-11-9-7-5-2)28-22-17-19-25-30(28)33-26(3)32/h16-19,21-23,25-26,31-32H,4-15,20,24H2,1-3H3. The van der Waals surface area contributed by atoms with Gasteiger partial charge in [0, 0.05) is 5.56 Å². The van der Waals surface area contributed by atoms with Crippen LogP contribution in [0.25, 0.3) is 0 Å². The van der Waals surface area contributed by atoms with Crippen LogP contribution in [0.1, 0.15) is 121 Å². The maximum absolute atomic E-state index is 9.85. The summed E-state index contributed by atoms with van der Waals surface area (Å²) in [5.41, 5.74) is 2.31. The van der Waals surface area contributed by atoms with Crippen LogP contribution in [-0.4, -0.2) is 11.4 Å². The zero-order chi connectivity index (χ0) is 24.4. The van der Waals surface area contributed by atoms with Crippen molar-refractivity contribution in [3.8, 4) is 11.5 Å². The molecule has 0 fully saturated rings. The van der Waals surface area contributed by atoms with Crippen LogP contribution in [0.15, 0.2) is 48.5 Å². The van der Waals surface area contributed by atoms with Crippen LogP contribution in [0.4, 0.5) is 0 Å². The molecule has 2 aromatic carbocycles. The minimum atomic E-state index is -0.851. The Morgan fingerprint density at radius 1 is 0.647 bits per heavy atom. The molecule has 190 valence electrons. The molecular formula is C31H48O3. The van der Waals surface area contributed by atoms with E-state index in [1.165, 1.54) is 76.2 Å². The fraction of sp³-hybridized carbons (Fsp3) is 0.613. The number of benzene rings is 2. The molecule has 0 heterocycles. The van der Waals surface area contributed by atoms with Gasteiger partial charge in [-0.25, -0.2) is 0 Å². The van der Waals surface area contributed by atoms with Crippen LogP contribution in [0.5, 0.6) is 11.5 Å². The molecule has 34 heavy (non-hydrogen) atoms. The Labute approximate surface area is 208 Å². The largest absolute Gasteiger partial charge is 0.485 e. The number of unbranched alkanes of at least 4 members (excludes halogenated alkanes) is 10. The number of para-hydroxylation sites is 2. The zero-order valence-electron chi connectivity index (χ0n) is 21.9. The monoisotopic (exact) mass is 468 g/mol. The van der Waals surface area contributed by atoms with E-state index in [1.54, 1.807) is 6.92 Å². The van der Waals surface area contributed by atoms with Crippen molar-refractivity contribution in [1.29, 1.82) is 0 Å². The normalized spacial score (nSPS) is 12.9. The van der Waals surface area contributed by atoms with Gasteiger partial charge in [-0.1, -0.05) is 114 Å². The summed E-state index contributed by atoms with van der Waals surface area (Å²) in [6.45, 7) is 6.17. The van der Waals surface area contributed by atoms with E-state index in [4.69, 9.17) is 9.47 Å². The molecule has 0 aliphatic carbocycles. The Hall–Kier alpha value is -2.00. The number of aliphatic hydroxyl groups is 1. The van der Waals surface area contributed by atoms with Gasteiger partial charge in [-0.3, -0.25) is 0 Å². The van der Waals surface area contributed by atoms with Gasteiger partial charge in [0.05, 0.1) is 0 Å². The predicted molar refractivity (Wildman–Crippen MR) is 144 cm³/mol. The van der Waals surface area contributed by atoms with E-state index in [-0.39, 0.29) is 6.10 Å². The Morgan fingerprint density at radius 2 is 1.21 bits per heavy atom. The van der Waals surface area contributed by atoms with Crippen molar-refractivity contribution >= 4 is 0 Å². The van der Waals surface area contributed by atoms with Gasteiger partial charge in [0.2, 0.25) is 0 Å². The summed E-state index contributed by atoms with van der Waals surface area (Å²) < 4.78 is 12.5. The second-order valence-corrected chi connectivity index (χ2v) is 9.54. The molecule has 0 spiro atoms. The average molecular weight is 469 g/mol. The van der Waals surface area contributed by atoms with E-state index in [0.29, 0.717) is 5.75 Å². The van der Waals surface area contributed by atoms with Crippen LogP contribution < -0.4 is 9.47 Å². The van der Waals surface area contributed by atoms with Crippen LogP contribution in [0, 0.1) is 0 Å². The molecule has 2 rings (SSSR count). The Balaban J connectivity index is 2.10. The zero-order valence-corrected chi connectivity index (χ0v) is 21.9. The van der Waals surface area contributed by atoms with E-state index >= 15 is 0 Å². The molecule has 2 unspecified atom stereocenters. The first-order valence-corrected chi connectivity index (χ1v) is 13.8. The van der Waals surface area contributed by atoms with Crippen molar-refractivity contribution in [2.24, 2.45) is 0 Å². The summed E-state index contributed by atoms with van der Waals surface area (Å²) in [7, 11) is 0. The van der Waals surface area contributed by atoms with Gasteiger partial charge in [-0.15, -0.1) is 0 Å². The smallest absolute Gasteiger partial charge is 0.194 e. The van der Waals surface area contributed by atoms with E-state index in [1.807, 2.05) is 18.2 Å². The molecule has 0 aliphatic rings. The molecule has 0 bridgehead atoms. The summed E-state index contributed by atoms with van der Waals surface area (Å²) in [6, 6.07) is 16.5. The van der Waals surface area contributed by atoms with Gasteiger partial charge < -0.3 is 14.6 Å². The summed E-state index contributed by atoms with van der Waals surface area (Å²) in [5.74, 6) is 1.70. The number of hydrogen-bond acceptors (Lipinski definition) is 3. The molecular weight excluding hydrogens is 420 g/mol. The van der Waals surface area contributed by atoms with E-state index in [9.17, 15) is 5.11 Å². The number of hydrogen-bond donors (Lipinski definition) is 1. The summed E-state index contributed by atoms with van der Waals surface area (Å²) in [6.07, 6.45) is 16.3. The topological polar surface area (TPSA) is 38.7 Å². The Morgan fingerprint density at radius 3 is 1.88 bits per heavy atom. The summed E-state index contributed by atoms with van der Waals surface area (Å²) in [5, 5.41) is 9.85. The Bertz CT molecular complexity index is 771. The lowest BCUT2D eigenvalue weighted by Crippen LogP contribution is -2.15. The minimum absolute atomic E-state index is 0.0909. The quantitative estimate of drug-likeness (QED) is 0.165. The SMILES string of the molecule is CCCCCCCCc1ccccc1OC(CCCCCCCC)c1ccccc1OC(C)O. The molecule has 0 aromatic heterocycles. The van der Waals surface area contributed by atoms with Crippen molar-refractivity contribution in [3.63, 3.8) is 0 Å². The number of aliphatic hydroxyl groups excluding tert-OH is 1. The van der Waals surface area contributed by atoms with Gasteiger partial charge >= 0.3 is 0 Å². The lowest BCUT2D eigenvalue weighted by Gasteiger charge is -2.24. The number of rotatable bonds is 19. The lowest BCUT2D eigenvalue weighted by atomic mass is 10.00. The molecule has 0 saturated heterocycles. The fourth-order valence-corrected chi connectivity index (χ4v) is 4.50. The highest BCUT2D eigenvalue weighted by atomic mass is 16.6. The molecule has 2 atom stereocenters. The fourth-order valence-electron chi connectivity index (χ4n) is 4.50. The van der Waals surface area contributed by atoms with Crippen molar-refractivity contribution in [3.05, 3.63) is 59.7 Å². The van der Waals surface area contributed by atoms with Crippen LogP contribution in [0.3, 0.4) is 0 Å². The third-order valence-corrected chi connectivity index (χ3v) is 6.42. The lowest BCUT2D eigenvalue weighted by molar-refractivity contribution is -0.00251. The molecule has 0 saturated carbocycles. The maximum Gasteiger partial charge on any atom is 0.194 e. The minimum Gasteiger partial charge on any atom is -0.485 e. The van der Waals surface area contributed by atoms with Gasteiger partial charge in [-0.05, 0) is 50.3 Å². The molecule has 0 aliphatic heterocycles. The number of aryl methyl sites for hydroxylation is 1. The van der Waals surface area contributed by atoms with Gasteiger partial charge in [0.25, 0.3) is 0 Å². The highest BCUT2D eigenvalue weighted by molar-refractivity contribution is 5.38. The van der Waals surface area contributed by atoms with Crippen molar-refractivity contribution in [2.75, 3.05) is 0 Å². The molecule has 0 radical (unpaired) electrons. The van der Waals surface area contributed by atoms with Gasteiger partial charge in [0.15, 0.2) is 6.29 Å². The van der Waals surface area contributed by atoms with Gasteiger partial charge in [-0.2, -0.15) is 0 Å². The first-order chi connectivity index (χ1) is 16.7. The Kier molecular flexibility index (Phi) is 14.5. The maximum atomic E-state index is 9.85. The van der Waals surface area contributed by atoms with Crippen molar-refractivity contribution < 1.29 is 14.6 Å². The van der Waals surface area contributed by atoms with E-state index in [2.05, 4.69) is 44.2 Å². The second kappa shape index (κ2) is 17.4. The van der Waals surface area contributed by atoms with Crippen LogP contribution in [-0.2, 0) is 6.42 Å². The van der Waals surface area contributed by atoms with E-state index in [0.717, 1.165) is 30.6 Å². The first-order valence-electron chi connectivity index (χ1n) is 13.8. The van der Waals surface area contributed by atoms with Crippen molar-refractivity contribution in [1.82, 2.24) is 0 Å². The first kappa shape index (κ1) is 28.2. The summed E-state index contributed by atoms with van der Waals surface area (Å²) in [4.78, 5) is 0. The second-order valence-electron chi connectivity index (χ2n) is 9.54. The third kappa shape index (κ3) is 11.0. The average Bonchev–Trinajstić information content (AvgIpc) is 2.83. The van der Waals surface area contributed by atoms with Gasteiger partial charge in [0.1, 0.15) is 17.6 Å². The molecule has 1 N–H and O–H groups in total. The van der Waals surface area contributed by atoms with Crippen LogP contribution in [0.2, 0.25) is 0 Å². The molecule has 3 nitrogen and oxygen atoms in total. The summed E-state index contributed by atoms with van der Waals surface area (Å²) >= 11 is 0. The third-order valence-electron chi connectivity index (χ3n) is 6.42. The number of ether oxygens (including phenoxy) is 2. The van der Waals surface area contributed by atoms with Crippen molar-refractivity contribution in [2.45, 2.75) is 123 Å². The predicted octanol–water partition coefficient (Wildman–Crippen LogP) is 9.18.